The van der Waals surface area contributed by atoms with Crippen LogP contribution in [0.15, 0.2) is 24.3 Å². The van der Waals surface area contributed by atoms with Gasteiger partial charge in [0.25, 0.3) is 0 Å². The minimum atomic E-state index is -2.90. The molecule has 1 aromatic rings. The monoisotopic (exact) mass is 527 g/mol. The Morgan fingerprint density at radius 1 is 0.889 bits per heavy atom. The molecule has 0 aromatic heterocycles. The van der Waals surface area contributed by atoms with Gasteiger partial charge in [0.15, 0.2) is 0 Å². The Morgan fingerprint density at radius 2 is 1.44 bits per heavy atom. The molecule has 36 heavy (non-hydrogen) atoms. The molecule has 0 N–H and O–H groups in total. The van der Waals surface area contributed by atoms with Crippen LogP contribution in [0.25, 0.3) is 0 Å². The summed E-state index contributed by atoms with van der Waals surface area (Å²) >= 11 is 0. The molecule has 9 heteroatoms. The molecule has 0 fully saturated rings. The Bertz CT molecular complexity index is 762. The number of carbonyl (C=O) groups excluding carboxylic acids is 2. The van der Waals surface area contributed by atoms with Crippen molar-refractivity contribution in [3.8, 4) is 5.75 Å². The van der Waals surface area contributed by atoms with Gasteiger partial charge in [-0.2, -0.15) is 0 Å². The van der Waals surface area contributed by atoms with Gasteiger partial charge in [-0.05, 0) is 64.8 Å². The lowest BCUT2D eigenvalue weighted by molar-refractivity contribution is -0.148. The summed E-state index contributed by atoms with van der Waals surface area (Å²) in [6.45, 7) is 9.33. The van der Waals surface area contributed by atoms with Gasteiger partial charge in [-0.25, -0.2) is 0 Å². The van der Waals surface area contributed by atoms with E-state index in [4.69, 9.17) is 18.5 Å². The standard InChI is InChI=1S/C27H46NO7P/c1-5-32-27(30)24(4)22-33-26-18-16-25(17-19-26)28(23-29)20-14-12-10-8-9-11-13-15-21-36(31,34-6-2)35-7-3/h16-19,23-24H,5-15,20-22H2,1-4H3. The Kier molecular flexibility index (Phi) is 17.2. The van der Waals surface area contributed by atoms with E-state index in [1.807, 2.05) is 38.1 Å². The third-order valence-corrected chi connectivity index (χ3v) is 7.88. The summed E-state index contributed by atoms with van der Waals surface area (Å²) in [7, 11) is -2.90. The van der Waals surface area contributed by atoms with Crippen molar-refractivity contribution in [2.24, 2.45) is 5.92 Å². The van der Waals surface area contributed by atoms with Crippen molar-refractivity contribution in [2.45, 2.75) is 79.1 Å². The van der Waals surface area contributed by atoms with Gasteiger partial charge in [-0.3, -0.25) is 14.2 Å². The van der Waals surface area contributed by atoms with E-state index in [2.05, 4.69) is 0 Å². The second-order valence-corrected chi connectivity index (χ2v) is 10.9. The van der Waals surface area contributed by atoms with Gasteiger partial charge in [0.05, 0.1) is 31.9 Å². The van der Waals surface area contributed by atoms with Crippen LogP contribution >= 0.6 is 7.60 Å². The summed E-state index contributed by atoms with van der Waals surface area (Å²) in [6, 6.07) is 7.33. The fourth-order valence-electron chi connectivity index (χ4n) is 3.76. The first-order valence-electron chi connectivity index (χ1n) is 13.4. The van der Waals surface area contributed by atoms with Crippen LogP contribution < -0.4 is 9.64 Å². The average molecular weight is 528 g/mol. The molecule has 0 heterocycles. The summed E-state index contributed by atoms with van der Waals surface area (Å²) in [6.07, 6.45) is 9.83. The number of esters is 1. The van der Waals surface area contributed by atoms with Crippen LogP contribution in [0, 0.1) is 5.92 Å². The molecule has 0 bridgehead atoms. The first kappa shape index (κ1) is 32.1. The van der Waals surface area contributed by atoms with Gasteiger partial charge < -0.3 is 23.4 Å². The predicted molar refractivity (Wildman–Crippen MR) is 144 cm³/mol. The molecular formula is C27H46NO7P. The van der Waals surface area contributed by atoms with Crippen molar-refractivity contribution >= 4 is 25.7 Å². The lowest BCUT2D eigenvalue weighted by Crippen LogP contribution is -2.22. The highest BCUT2D eigenvalue weighted by Crippen LogP contribution is 2.48. The zero-order valence-electron chi connectivity index (χ0n) is 22.6. The minimum absolute atomic E-state index is 0.247. The maximum atomic E-state index is 12.4. The highest BCUT2D eigenvalue weighted by molar-refractivity contribution is 7.53. The lowest BCUT2D eigenvalue weighted by Gasteiger charge is -2.18. The van der Waals surface area contributed by atoms with E-state index in [1.165, 1.54) is 0 Å². The average Bonchev–Trinajstić information content (AvgIpc) is 2.87. The summed E-state index contributed by atoms with van der Waals surface area (Å²) in [5.74, 6) is 0.0441. The zero-order chi connectivity index (χ0) is 26.7. The number of rotatable bonds is 22. The van der Waals surface area contributed by atoms with Crippen LogP contribution in [0.3, 0.4) is 0 Å². The second kappa shape index (κ2) is 19.3. The van der Waals surface area contributed by atoms with Crippen molar-refractivity contribution in [1.82, 2.24) is 0 Å². The van der Waals surface area contributed by atoms with Crippen LogP contribution in [0.1, 0.15) is 79.1 Å². The number of carbonyl (C=O) groups is 2. The fraction of sp³-hybridized carbons (Fsp3) is 0.704. The molecule has 1 atom stereocenters. The van der Waals surface area contributed by atoms with Crippen molar-refractivity contribution in [3.05, 3.63) is 24.3 Å². The van der Waals surface area contributed by atoms with Gasteiger partial charge >= 0.3 is 13.6 Å². The largest absolute Gasteiger partial charge is 0.493 e. The van der Waals surface area contributed by atoms with Crippen LogP contribution in [0.2, 0.25) is 0 Å². The maximum absolute atomic E-state index is 12.4. The lowest BCUT2D eigenvalue weighted by atomic mass is 10.1. The number of benzene rings is 1. The number of hydrogen-bond donors (Lipinski definition) is 0. The molecule has 1 rings (SSSR count). The van der Waals surface area contributed by atoms with E-state index >= 15 is 0 Å². The van der Waals surface area contributed by atoms with Crippen LogP contribution in [0.5, 0.6) is 5.75 Å². The van der Waals surface area contributed by atoms with Gasteiger partial charge in [-0.15, -0.1) is 0 Å². The highest BCUT2D eigenvalue weighted by Gasteiger charge is 2.22. The summed E-state index contributed by atoms with van der Waals surface area (Å²) in [5, 5.41) is 0. The smallest absolute Gasteiger partial charge is 0.330 e. The summed E-state index contributed by atoms with van der Waals surface area (Å²) < 4.78 is 33.7. The Morgan fingerprint density at radius 3 is 1.97 bits per heavy atom. The van der Waals surface area contributed by atoms with Gasteiger partial charge in [0.2, 0.25) is 6.41 Å². The molecule has 206 valence electrons. The molecule has 0 aliphatic rings. The SMILES string of the molecule is CCOC(=O)C(C)COc1ccc(N(C=O)CCCCCCCCCCP(=O)(OCC)OCC)cc1. The number of amides is 1. The Labute approximate surface area is 217 Å². The van der Waals surface area contributed by atoms with E-state index in [9.17, 15) is 14.2 Å². The zero-order valence-corrected chi connectivity index (χ0v) is 23.5. The first-order chi connectivity index (χ1) is 17.4. The molecule has 0 saturated carbocycles. The second-order valence-electron chi connectivity index (χ2n) is 8.76. The quantitative estimate of drug-likeness (QED) is 0.0725. The normalized spacial score (nSPS) is 12.2. The Hall–Kier alpha value is -1.89. The summed E-state index contributed by atoms with van der Waals surface area (Å²) in [5.41, 5.74) is 0.826. The van der Waals surface area contributed by atoms with Gasteiger partial charge in [-0.1, -0.05) is 38.5 Å². The molecule has 1 aromatic carbocycles. The Balaban J connectivity index is 2.20. The molecular weight excluding hydrogens is 481 g/mol. The highest BCUT2D eigenvalue weighted by atomic mass is 31.2. The van der Waals surface area contributed by atoms with E-state index in [0.717, 1.165) is 63.5 Å². The van der Waals surface area contributed by atoms with Crippen molar-refractivity contribution < 1.29 is 32.7 Å². The van der Waals surface area contributed by atoms with Crippen molar-refractivity contribution in [1.29, 1.82) is 0 Å². The van der Waals surface area contributed by atoms with Crippen molar-refractivity contribution in [3.63, 3.8) is 0 Å². The number of anilines is 1. The van der Waals surface area contributed by atoms with Crippen LogP contribution in [-0.4, -0.2) is 51.5 Å². The van der Waals surface area contributed by atoms with Crippen LogP contribution in [0.4, 0.5) is 5.69 Å². The summed E-state index contributed by atoms with van der Waals surface area (Å²) in [4.78, 5) is 25.0. The third kappa shape index (κ3) is 13.4. The fourth-order valence-corrected chi connectivity index (χ4v) is 5.49. The molecule has 0 aliphatic carbocycles. The van der Waals surface area contributed by atoms with Gasteiger partial charge in [0.1, 0.15) is 12.4 Å². The van der Waals surface area contributed by atoms with E-state index in [-0.39, 0.29) is 18.5 Å². The number of nitrogens with zero attached hydrogens (tertiary/aromatic N) is 1. The predicted octanol–water partition coefficient (Wildman–Crippen LogP) is 6.61. The molecule has 1 amide bonds. The molecule has 0 aliphatic heterocycles. The third-order valence-electron chi connectivity index (χ3n) is 5.72. The number of ether oxygens (including phenoxy) is 2. The molecule has 0 radical (unpaired) electrons. The molecule has 1 unspecified atom stereocenters. The maximum Gasteiger partial charge on any atom is 0.330 e. The van der Waals surface area contributed by atoms with Gasteiger partial charge in [0, 0.05) is 12.2 Å². The minimum Gasteiger partial charge on any atom is -0.493 e. The van der Waals surface area contributed by atoms with E-state index in [0.29, 0.717) is 38.3 Å². The van der Waals surface area contributed by atoms with E-state index in [1.54, 1.807) is 18.7 Å². The van der Waals surface area contributed by atoms with Crippen molar-refractivity contribution in [2.75, 3.05) is 44.0 Å². The topological polar surface area (TPSA) is 91.4 Å². The molecule has 0 saturated heterocycles. The van der Waals surface area contributed by atoms with E-state index < -0.39 is 7.60 Å². The molecule has 0 spiro atoms. The molecule has 8 nitrogen and oxygen atoms in total. The number of unbranched alkanes of at least 4 members (excludes halogenated alkanes) is 7. The number of hydrogen-bond acceptors (Lipinski definition) is 7. The first-order valence-corrected chi connectivity index (χ1v) is 15.1. The van der Waals surface area contributed by atoms with Crippen LogP contribution in [-0.2, 0) is 27.9 Å².